The van der Waals surface area contributed by atoms with E-state index >= 15 is 0 Å². The number of benzene rings is 1. The summed E-state index contributed by atoms with van der Waals surface area (Å²) in [7, 11) is -1.94. The highest BCUT2D eigenvalue weighted by molar-refractivity contribution is 7.89. The van der Waals surface area contributed by atoms with Crippen LogP contribution in [0.2, 0.25) is 0 Å². The molecule has 3 rings (SSSR count). The minimum Gasteiger partial charge on any atom is -0.334 e. The van der Waals surface area contributed by atoms with E-state index in [1.165, 1.54) is 11.4 Å². The van der Waals surface area contributed by atoms with Gasteiger partial charge in [0.05, 0.1) is 5.75 Å². The molecule has 0 bridgehead atoms. The lowest BCUT2D eigenvalue weighted by Crippen LogP contribution is -2.54. The number of carbonyl (C=O) groups excluding carboxylic acids is 1. The van der Waals surface area contributed by atoms with E-state index in [0.29, 0.717) is 12.6 Å². The molecule has 1 aromatic rings. The topological polar surface area (TPSA) is 60.9 Å². The molecular weight excluding hydrogens is 362 g/mol. The van der Waals surface area contributed by atoms with Gasteiger partial charge in [0.1, 0.15) is 6.04 Å². The predicted molar refractivity (Wildman–Crippen MR) is 107 cm³/mol. The molecule has 2 aliphatic rings. The van der Waals surface area contributed by atoms with Gasteiger partial charge in [-0.3, -0.25) is 4.79 Å². The molecule has 1 unspecified atom stereocenters. The first-order valence-electron chi connectivity index (χ1n) is 9.84. The number of piperidine rings is 1. The van der Waals surface area contributed by atoms with E-state index in [9.17, 15) is 13.2 Å². The highest BCUT2D eigenvalue weighted by atomic mass is 32.2. The molecule has 27 heavy (non-hydrogen) atoms. The van der Waals surface area contributed by atoms with Crippen molar-refractivity contribution in [2.24, 2.45) is 0 Å². The summed E-state index contributed by atoms with van der Waals surface area (Å²) in [5, 5.41) is 0. The van der Waals surface area contributed by atoms with Crippen molar-refractivity contribution >= 4 is 15.9 Å². The molecule has 2 heterocycles. The van der Waals surface area contributed by atoms with E-state index in [4.69, 9.17) is 0 Å². The fourth-order valence-corrected chi connectivity index (χ4v) is 5.17. The number of carbonyl (C=O) groups is 1. The summed E-state index contributed by atoms with van der Waals surface area (Å²) in [6.07, 6.45) is 1.87. The summed E-state index contributed by atoms with van der Waals surface area (Å²) in [4.78, 5) is 17.8. The SMILES string of the molecule is CCS(=O)(=O)N(C)C1C(=O)N(C2CCN(C(C)C)CC2)Cc2ccccc21. The lowest BCUT2D eigenvalue weighted by Gasteiger charge is -2.44. The number of fused-ring (bicyclic) bond motifs is 1. The number of hydrogen-bond donors (Lipinski definition) is 0. The van der Waals surface area contributed by atoms with E-state index in [1.807, 2.05) is 29.2 Å². The standard InChI is InChI=1S/C20H31N3O3S/c1-5-27(25,26)21(4)19-18-9-7-6-8-16(18)14-23(20(19)24)17-10-12-22(13-11-17)15(2)3/h6-9,15,17,19H,5,10-14H2,1-4H3. The second kappa shape index (κ2) is 7.89. The number of likely N-dealkylation sites (tertiary alicyclic amines) is 1. The fourth-order valence-electron chi connectivity index (χ4n) is 4.24. The predicted octanol–water partition coefficient (Wildman–Crippen LogP) is 2.22. The van der Waals surface area contributed by atoms with E-state index in [-0.39, 0.29) is 17.7 Å². The van der Waals surface area contributed by atoms with E-state index < -0.39 is 16.1 Å². The number of hydrogen-bond acceptors (Lipinski definition) is 4. The van der Waals surface area contributed by atoms with Gasteiger partial charge in [-0.1, -0.05) is 24.3 Å². The van der Waals surface area contributed by atoms with Gasteiger partial charge in [-0.15, -0.1) is 0 Å². The van der Waals surface area contributed by atoms with Gasteiger partial charge in [0.15, 0.2) is 0 Å². The molecule has 150 valence electrons. The first-order chi connectivity index (χ1) is 12.8. The van der Waals surface area contributed by atoms with Crippen molar-refractivity contribution in [2.45, 2.75) is 58.3 Å². The molecule has 0 saturated carbocycles. The summed E-state index contributed by atoms with van der Waals surface area (Å²) >= 11 is 0. The molecule has 1 amide bonds. The number of nitrogens with zero attached hydrogens (tertiary/aromatic N) is 3. The third-order valence-electron chi connectivity index (χ3n) is 6.04. The molecule has 0 aromatic heterocycles. The van der Waals surface area contributed by atoms with Gasteiger partial charge < -0.3 is 9.80 Å². The van der Waals surface area contributed by atoms with E-state index in [0.717, 1.165) is 37.1 Å². The zero-order valence-corrected chi connectivity index (χ0v) is 17.6. The molecule has 1 atom stereocenters. The van der Waals surface area contributed by atoms with Crippen molar-refractivity contribution in [1.29, 1.82) is 0 Å². The van der Waals surface area contributed by atoms with Gasteiger partial charge in [-0.2, -0.15) is 4.31 Å². The van der Waals surface area contributed by atoms with Crippen molar-refractivity contribution in [3.05, 3.63) is 35.4 Å². The largest absolute Gasteiger partial charge is 0.334 e. The molecular formula is C20H31N3O3S. The van der Waals surface area contributed by atoms with Crippen LogP contribution in [0.15, 0.2) is 24.3 Å². The first-order valence-corrected chi connectivity index (χ1v) is 11.4. The smallest absolute Gasteiger partial charge is 0.246 e. The molecule has 0 aliphatic carbocycles. The Bertz CT molecular complexity index is 785. The number of likely N-dealkylation sites (N-methyl/N-ethyl adjacent to an activating group) is 1. The van der Waals surface area contributed by atoms with Crippen LogP contribution in [0, 0.1) is 0 Å². The molecule has 0 spiro atoms. The average Bonchev–Trinajstić information content (AvgIpc) is 2.67. The Morgan fingerprint density at radius 3 is 2.41 bits per heavy atom. The van der Waals surface area contributed by atoms with E-state index in [1.54, 1.807) is 6.92 Å². The maximum absolute atomic E-state index is 13.4. The summed E-state index contributed by atoms with van der Waals surface area (Å²) in [5.41, 5.74) is 1.87. The van der Waals surface area contributed by atoms with Gasteiger partial charge in [-0.05, 0) is 44.7 Å². The minimum atomic E-state index is -3.47. The summed E-state index contributed by atoms with van der Waals surface area (Å²) in [5.74, 6) is -0.0985. The Hall–Kier alpha value is -1.44. The Balaban J connectivity index is 1.90. The fraction of sp³-hybridized carbons (Fsp3) is 0.650. The van der Waals surface area contributed by atoms with Crippen molar-refractivity contribution in [1.82, 2.24) is 14.1 Å². The van der Waals surface area contributed by atoms with Crippen LogP contribution in [-0.2, 0) is 21.4 Å². The van der Waals surface area contributed by atoms with Gasteiger partial charge in [0.25, 0.3) is 0 Å². The van der Waals surface area contributed by atoms with Crippen LogP contribution in [-0.4, -0.2) is 66.4 Å². The normalized spacial score (nSPS) is 22.5. The summed E-state index contributed by atoms with van der Waals surface area (Å²) in [6.45, 7) is 8.53. The minimum absolute atomic E-state index is 0.0117. The van der Waals surface area contributed by atoms with Gasteiger partial charge in [-0.25, -0.2) is 8.42 Å². The van der Waals surface area contributed by atoms with E-state index in [2.05, 4.69) is 18.7 Å². The number of sulfonamides is 1. The van der Waals surface area contributed by atoms with Crippen molar-refractivity contribution in [3.8, 4) is 0 Å². The quantitative estimate of drug-likeness (QED) is 0.770. The van der Waals surface area contributed by atoms with Crippen LogP contribution in [0.5, 0.6) is 0 Å². The van der Waals surface area contributed by atoms with Crippen LogP contribution in [0.25, 0.3) is 0 Å². The second-order valence-electron chi connectivity index (χ2n) is 7.85. The van der Waals surface area contributed by atoms with Crippen molar-refractivity contribution in [3.63, 3.8) is 0 Å². The third-order valence-corrected chi connectivity index (χ3v) is 7.86. The van der Waals surface area contributed by atoms with Crippen LogP contribution < -0.4 is 0 Å². The summed E-state index contributed by atoms with van der Waals surface area (Å²) in [6, 6.07) is 7.65. The molecule has 1 saturated heterocycles. The van der Waals surface area contributed by atoms with Crippen LogP contribution in [0.3, 0.4) is 0 Å². The summed E-state index contributed by atoms with van der Waals surface area (Å²) < 4.78 is 26.3. The molecule has 7 heteroatoms. The third kappa shape index (κ3) is 3.91. The van der Waals surface area contributed by atoms with Crippen LogP contribution in [0.1, 0.15) is 50.8 Å². The Kier molecular flexibility index (Phi) is 5.93. The monoisotopic (exact) mass is 393 g/mol. The second-order valence-corrected chi connectivity index (χ2v) is 10.2. The lowest BCUT2D eigenvalue weighted by molar-refractivity contribution is -0.141. The number of rotatable bonds is 5. The maximum atomic E-state index is 13.4. The molecule has 1 fully saturated rings. The molecule has 1 aromatic carbocycles. The average molecular weight is 394 g/mol. The van der Waals surface area contributed by atoms with Crippen LogP contribution in [0.4, 0.5) is 0 Å². The van der Waals surface area contributed by atoms with Gasteiger partial charge >= 0.3 is 0 Å². The highest BCUT2D eigenvalue weighted by Crippen LogP contribution is 2.35. The Morgan fingerprint density at radius 1 is 1.19 bits per heavy atom. The molecule has 6 nitrogen and oxygen atoms in total. The van der Waals surface area contributed by atoms with Gasteiger partial charge in [0.2, 0.25) is 15.9 Å². The van der Waals surface area contributed by atoms with Gasteiger partial charge in [0, 0.05) is 38.8 Å². The zero-order chi connectivity index (χ0) is 19.8. The van der Waals surface area contributed by atoms with Crippen molar-refractivity contribution in [2.75, 3.05) is 25.9 Å². The Labute approximate surface area is 163 Å². The first kappa shape index (κ1) is 20.3. The van der Waals surface area contributed by atoms with Crippen LogP contribution >= 0.6 is 0 Å². The maximum Gasteiger partial charge on any atom is 0.246 e. The lowest BCUT2D eigenvalue weighted by atomic mass is 9.91. The zero-order valence-electron chi connectivity index (χ0n) is 16.8. The molecule has 0 radical (unpaired) electrons. The molecule has 2 aliphatic heterocycles. The highest BCUT2D eigenvalue weighted by Gasteiger charge is 2.42. The Morgan fingerprint density at radius 2 is 1.81 bits per heavy atom. The molecule has 0 N–H and O–H groups in total. The van der Waals surface area contributed by atoms with Crippen molar-refractivity contribution < 1.29 is 13.2 Å². The number of amides is 1.